The van der Waals surface area contributed by atoms with Crippen molar-refractivity contribution in [3.8, 4) is 0 Å². The molecule has 0 aliphatic carbocycles. The summed E-state index contributed by atoms with van der Waals surface area (Å²) in [6, 6.07) is -0.718. The van der Waals surface area contributed by atoms with Crippen molar-refractivity contribution in [3.05, 3.63) is 26.6 Å². The first-order chi connectivity index (χ1) is 13.3. The Kier molecular flexibility index (Phi) is 5.78. The zero-order chi connectivity index (χ0) is 20.4. The van der Waals surface area contributed by atoms with Crippen molar-refractivity contribution >= 4 is 39.5 Å². The third-order valence-electron chi connectivity index (χ3n) is 4.67. The van der Waals surface area contributed by atoms with Crippen LogP contribution in [0.3, 0.4) is 0 Å². The van der Waals surface area contributed by atoms with Gasteiger partial charge in [-0.25, -0.2) is 14.6 Å². The van der Waals surface area contributed by atoms with E-state index in [9.17, 15) is 19.2 Å². The summed E-state index contributed by atoms with van der Waals surface area (Å²) >= 11 is 1.08. The second-order valence-electron chi connectivity index (χ2n) is 6.73. The van der Waals surface area contributed by atoms with E-state index in [0.717, 1.165) is 36.4 Å². The summed E-state index contributed by atoms with van der Waals surface area (Å²) in [4.78, 5) is 53.7. The maximum Gasteiger partial charge on any atom is 0.349 e. The zero-order valence-electron chi connectivity index (χ0n) is 16.0. The number of hydrogen-bond donors (Lipinski definition) is 2. The van der Waals surface area contributed by atoms with Gasteiger partial charge in [0.15, 0.2) is 6.61 Å². The van der Waals surface area contributed by atoms with Crippen LogP contribution in [0.15, 0.2) is 4.79 Å². The summed E-state index contributed by atoms with van der Waals surface area (Å²) < 4.78 is 6.66. The molecule has 0 spiro atoms. The summed E-state index contributed by atoms with van der Waals surface area (Å²) in [5.74, 6) is -0.724. The number of hydrogen-bond acceptors (Lipinski definition) is 7. The molecule has 3 heterocycles. The molecule has 0 bridgehead atoms. The molecule has 0 radical (unpaired) electrons. The van der Waals surface area contributed by atoms with E-state index in [1.807, 2.05) is 6.92 Å². The number of aromatic nitrogens is 2. The highest BCUT2D eigenvalue weighted by atomic mass is 32.1. The summed E-state index contributed by atoms with van der Waals surface area (Å²) in [6.45, 7) is 5.41. The lowest BCUT2D eigenvalue weighted by molar-refractivity contribution is -0.123. The maximum atomic E-state index is 12.6. The Labute approximate surface area is 165 Å². The lowest BCUT2D eigenvalue weighted by Gasteiger charge is -2.11. The number of ether oxygens (including phenoxy) is 1. The average molecular weight is 406 g/mol. The van der Waals surface area contributed by atoms with E-state index in [2.05, 4.69) is 15.6 Å². The van der Waals surface area contributed by atoms with Crippen molar-refractivity contribution in [1.29, 1.82) is 0 Å². The molecule has 2 aromatic heterocycles. The van der Waals surface area contributed by atoms with Gasteiger partial charge in [0.1, 0.15) is 15.5 Å². The summed E-state index contributed by atoms with van der Waals surface area (Å²) in [5, 5.41) is 5.10. The Morgan fingerprint density at radius 1 is 1.36 bits per heavy atom. The highest BCUT2D eigenvalue weighted by molar-refractivity contribution is 7.20. The minimum Gasteiger partial charge on any atom is -0.451 e. The van der Waals surface area contributed by atoms with Crippen LogP contribution < -0.4 is 16.2 Å². The molecule has 9 nitrogen and oxygen atoms in total. The fraction of sp³-hybridized carbons (Fsp3) is 0.500. The van der Waals surface area contributed by atoms with E-state index in [1.54, 1.807) is 18.4 Å². The van der Waals surface area contributed by atoms with Gasteiger partial charge in [0.2, 0.25) is 0 Å². The van der Waals surface area contributed by atoms with Crippen LogP contribution in [0.25, 0.3) is 10.2 Å². The summed E-state index contributed by atoms with van der Waals surface area (Å²) in [6.07, 6.45) is 2.34. The normalized spacial score (nSPS) is 13.8. The smallest absolute Gasteiger partial charge is 0.349 e. The number of carbonyl (C=O) groups is 3. The molecule has 150 valence electrons. The number of aryl methyl sites for hydroxylation is 2. The molecule has 0 unspecified atom stereocenters. The number of urea groups is 1. The molecule has 28 heavy (non-hydrogen) atoms. The van der Waals surface area contributed by atoms with Gasteiger partial charge in [-0.3, -0.25) is 19.5 Å². The van der Waals surface area contributed by atoms with Gasteiger partial charge in [0.05, 0.1) is 5.39 Å². The van der Waals surface area contributed by atoms with Crippen molar-refractivity contribution in [2.45, 2.75) is 52.6 Å². The highest BCUT2D eigenvalue weighted by Crippen LogP contribution is 2.29. The average Bonchev–Trinajstić information content (AvgIpc) is 3.24. The lowest BCUT2D eigenvalue weighted by Crippen LogP contribution is -2.44. The van der Waals surface area contributed by atoms with Crippen molar-refractivity contribution in [2.24, 2.45) is 0 Å². The molecule has 0 fully saturated rings. The number of nitrogens with one attached hydrogen (secondary N) is 2. The minimum atomic E-state index is -0.731. The molecule has 2 N–H and O–H groups in total. The second kappa shape index (κ2) is 8.09. The highest BCUT2D eigenvalue weighted by Gasteiger charge is 2.24. The summed E-state index contributed by atoms with van der Waals surface area (Å²) in [5.41, 5.74) is 0.351. The predicted molar refractivity (Wildman–Crippen MR) is 104 cm³/mol. The molecule has 0 saturated heterocycles. The molecular weight excluding hydrogens is 384 g/mol. The zero-order valence-corrected chi connectivity index (χ0v) is 16.8. The molecule has 1 atom stereocenters. The van der Waals surface area contributed by atoms with Crippen LogP contribution in [0.5, 0.6) is 0 Å². The largest absolute Gasteiger partial charge is 0.451 e. The Balaban J connectivity index is 1.68. The van der Waals surface area contributed by atoms with E-state index in [4.69, 9.17) is 4.74 Å². The molecule has 0 saturated carbocycles. The number of amides is 3. The minimum absolute atomic E-state index is 0.0789. The first-order valence-electron chi connectivity index (χ1n) is 9.12. The van der Waals surface area contributed by atoms with E-state index >= 15 is 0 Å². The summed E-state index contributed by atoms with van der Waals surface area (Å²) in [7, 11) is 0. The number of esters is 1. The van der Waals surface area contributed by atoms with Crippen LogP contribution >= 0.6 is 11.3 Å². The van der Waals surface area contributed by atoms with E-state index in [0.29, 0.717) is 22.3 Å². The number of thiophene rings is 1. The molecule has 0 aromatic carbocycles. The topological polar surface area (TPSA) is 119 Å². The lowest BCUT2D eigenvalue weighted by atomic mass is 10.2. The Morgan fingerprint density at radius 2 is 2.11 bits per heavy atom. The van der Waals surface area contributed by atoms with Crippen LogP contribution in [0.1, 0.15) is 47.7 Å². The van der Waals surface area contributed by atoms with Crippen LogP contribution in [0, 0.1) is 6.92 Å². The third kappa shape index (κ3) is 3.91. The fourth-order valence-electron chi connectivity index (χ4n) is 2.99. The van der Waals surface area contributed by atoms with E-state index in [1.165, 1.54) is 0 Å². The van der Waals surface area contributed by atoms with Crippen LogP contribution in [-0.4, -0.2) is 40.1 Å². The van der Waals surface area contributed by atoms with Crippen LogP contribution in [0.2, 0.25) is 0 Å². The number of carbonyl (C=O) groups excluding carboxylic acids is 3. The van der Waals surface area contributed by atoms with Gasteiger partial charge in [0, 0.05) is 19.0 Å². The molecular formula is C18H22N4O5S. The third-order valence-corrected chi connectivity index (χ3v) is 5.84. The first-order valence-corrected chi connectivity index (χ1v) is 9.93. The molecule has 1 aliphatic heterocycles. The van der Waals surface area contributed by atoms with Crippen molar-refractivity contribution in [3.63, 3.8) is 0 Å². The monoisotopic (exact) mass is 406 g/mol. The number of rotatable bonds is 5. The van der Waals surface area contributed by atoms with Crippen molar-refractivity contribution < 1.29 is 19.1 Å². The Morgan fingerprint density at radius 3 is 2.82 bits per heavy atom. The maximum absolute atomic E-state index is 12.6. The predicted octanol–water partition coefficient (Wildman–Crippen LogP) is 1.49. The van der Waals surface area contributed by atoms with Gasteiger partial charge in [0.25, 0.3) is 11.5 Å². The SMILES string of the molecule is CC[C@@H](C)NC(=O)NC(=O)COC(=O)c1sc2nc3n(c(=O)c2c1C)CCC3. The molecule has 1 aliphatic rings. The molecule has 3 rings (SSSR count). The van der Waals surface area contributed by atoms with Crippen molar-refractivity contribution in [2.75, 3.05) is 6.61 Å². The Hall–Kier alpha value is -2.75. The van der Waals surface area contributed by atoms with E-state index in [-0.39, 0.29) is 16.5 Å². The number of fused-ring (bicyclic) bond motifs is 2. The van der Waals surface area contributed by atoms with Gasteiger partial charge >= 0.3 is 12.0 Å². The molecule has 2 aromatic rings. The quantitative estimate of drug-likeness (QED) is 0.726. The Bertz CT molecular complexity index is 1010. The van der Waals surface area contributed by atoms with Gasteiger partial charge in [-0.1, -0.05) is 6.92 Å². The molecule has 3 amide bonds. The van der Waals surface area contributed by atoms with Gasteiger partial charge in [-0.2, -0.15) is 0 Å². The van der Waals surface area contributed by atoms with Crippen LogP contribution in [-0.2, 0) is 22.5 Å². The number of nitrogens with zero attached hydrogens (tertiary/aromatic N) is 2. The van der Waals surface area contributed by atoms with Crippen molar-refractivity contribution in [1.82, 2.24) is 20.2 Å². The van der Waals surface area contributed by atoms with Gasteiger partial charge in [-0.15, -0.1) is 11.3 Å². The van der Waals surface area contributed by atoms with E-state index < -0.39 is 24.5 Å². The fourth-order valence-corrected chi connectivity index (χ4v) is 4.08. The second-order valence-corrected chi connectivity index (χ2v) is 7.73. The van der Waals surface area contributed by atoms with Gasteiger partial charge < -0.3 is 10.1 Å². The van der Waals surface area contributed by atoms with Crippen LogP contribution in [0.4, 0.5) is 4.79 Å². The molecule has 10 heteroatoms. The van der Waals surface area contributed by atoms with Gasteiger partial charge in [-0.05, 0) is 32.3 Å². The standard InChI is InChI=1S/C18H22N4O5S/c1-4-9(2)19-18(26)21-12(23)8-27-17(25)14-10(3)13-15(28-14)20-11-6-5-7-22(11)16(13)24/h9H,4-8H2,1-3H3,(H2,19,21,23,26)/t9-/m1/s1. The first kappa shape index (κ1) is 20.0. The number of imide groups is 1.